The van der Waals surface area contributed by atoms with Gasteiger partial charge in [-0.15, -0.1) is 0 Å². The highest BCUT2D eigenvalue weighted by Crippen LogP contribution is 2.29. The summed E-state index contributed by atoms with van der Waals surface area (Å²) in [7, 11) is 0. The van der Waals surface area contributed by atoms with Gasteiger partial charge in [0.05, 0.1) is 0 Å². The van der Waals surface area contributed by atoms with Crippen molar-refractivity contribution >= 4 is 17.8 Å². The van der Waals surface area contributed by atoms with E-state index in [1.807, 2.05) is 13.8 Å². The van der Waals surface area contributed by atoms with Gasteiger partial charge in [-0.05, 0) is 40.0 Å². The van der Waals surface area contributed by atoms with Crippen molar-refractivity contribution in [2.24, 2.45) is 0 Å². The lowest BCUT2D eigenvalue weighted by atomic mass is 10.1. The van der Waals surface area contributed by atoms with E-state index in [2.05, 4.69) is 5.32 Å². The maximum atomic E-state index is 12.1. The molecule has 0 aromatic heterocycles. The van der Waals surface area contributed by atoms with E-state index >= 15 is 0 Å². The molecule has 1 aliphatic rings. The number of hydrogen-bond donors (Lipinski definition) is 2. The second-order valence-corrected chi connectivity index (χ2v) is 5.62. The molecule has 1 unspecified atom stereocenters. The predicted octanol–water partition coefficient (Wildman–Crippen LogP) is 1.15. The first-order chi connectivity index (χ1) is 9.32. The molecular weight excluding hydrogens is 260 g/mol. The zero-order valence-electron chi connectivity index (χ0n) is 12.4. The number of nitrogens with zero attached hydrogens (tertiary/aromatic N) is 1. The summed E-state index contributed by atoms with van der Waals surface area (Å²) in [6.45, 7) is 5.29. The molecule has 6 heteroatoms. The van der Waals surface area contributed by atoms with Crippen molar-refractivity contribution in [1.82, 2.24) is 10.2 Å². The fourth-order valence-electron chi connectivity index (χ4n) is 2.13. The zero-order valence-corrected chi connectivity index (χ0v) is 12.4. The number of amides is 2. The Balaban J connectivity index is 2.39. The minimum atomic E-state index is -0.984. The molecule has 1 atom stereocenters. The molecule has 0 saturated heterocycles. The Labute approximate surface area is 119 Å². The molecule has 20 heavy (non-hydrogen) atoms. The van der Waals surface area contributed by atoms with Crippen LogP contribution in [-0.2, 0) is 14.4 Å². The van der Waals surface area contributed by atoms with E-state index < -0.39 is 12.0 Å². The predicted molar refractivity (Wildman–Crippen MR) is 74.1 cm³/mol. The van der Waals surface area contributed by atoms with Crippen LogP contribution in [0, 0.1) is 0 Å². The van der Waals surface area contributed by atoms with E-state index in [0.717, 1.165) is 12.8 Å². The van der Waals surface area contributed by atoms with Crippen LogP contribution in [0.3, 0.4) is 0 Å². The van der Waals surface area contributed by atoms with Gasteiger partial charge in [0.2, 0.25) is 11.8 Å². The summed E-state index contributed by atoms with van der Waals surface area (Å²) >= 11 is 0. The Morgan fingerprint density at radius 2 is 1.80 bits per heavy atom. The van der Waals surface area contributed by atoms with Gasteiger partial charge in [-0.1, -0.05) is 0 Å². The summed E-state index contributed by atoms with van der Waals surface area (Å²) in [5.41, 5.74) is 0. The molecule has 2 N–H and O–H groups in total. The lowest BCUT2D eigenvalue weighted by molar-refractivity contribution is -0.150. The van der Waals surface area contributed by atoms with Crippen molar-refractivity contribution < 1.29 is 19.5 Å². The summed E-state index contributed by atoms with van der Waals surface area (Å²) < 4.78 is 0. The van der Waals surface area contributed by atoms with Crippen LogP contribution >= 0.6 is 0 Å². The van der Waals surface area contributed by atoms with Gasteiger partial charge in [-0.3, -0.25) is 9.59 Å². The molecule has 114 valence electrons. The van der Waals surface area contributed by atoms with Gasteiger partial charge in [0, 0.05) is 24.9 Å². The van der Waals surface area contributed by atoms with Crippen LogP contribution < -0.4 is 5.32 Å². The number of hydrogen-bond acceptors (Lipinski definition) is 3. The summed E-state index contributed by atoms with van der Waals surface area (Å²) in [5, 5.41) is 11.8. The Hall–Kier alpha value is -1.59. The Morgan fingerprint density at radius 3 is 2.25 bits per heavy atom. The van der Waals surface area contributed by atoms with E-state index in [1.54, 1.807) is 0 Å². The number of aliphatic carboxylic acids is 1. The van der Waals surface area contributed by atoms with E-state index in [-0.39, 0.29) is 30.3 Å². The minimum Gasteiger partial charge on any atom is -0.480 e. The number of nitrogens with one attached hydrogen (secondary N) is 1. The first kappa shape index (κ1) is 16.5. The van der Waals surface area contributed by atoms with E-state index in [9.17, 15) is 14.4 Å². The van der Waals surface area contributed by atoms with Crippen LogP contribution in [0.1, 0.15) is 52.9 Å². The second kappa shape index (κ2) is 7.26. The maximum Gasteiger partial charge on any atom is 0.326 e. The summed E-state index contributed by atoms with van der Waals surface area (Å²) in [4.78, 5) is 36.1. The molecule has 0 aromatic carbocycles. The van der Waals surface area contributed by atoms with Crippen molar-refractivity contribution in [3.63, 3.8) is 0 Å². The summed E-state index contributed by atoms with van der Waals surface area (Å²) in [5.74, 6) is -1.22. The smallest absolute Gasteiger partial charge is 0.326 e. The Morgan fingerprint density at radius 1 is 1.20 bits per heavy atom. The topological polar surface area (TPSA) is 86.7 Å². The summed E-state index contributed by atoms with van der Waals surface area (Å²) in [6.07, 6.45) is 2.71. The lowest BCUT2D eigenvalue weighted by Gasteiger charge is -2.26. The third kappa shape index (κ3) is 5.19. The Bertz CT molecular complexity index is 377. The quantitative estimate of drug-likeness (QED) is 0.700. The van der Waals surface area contributed by atoms with Crippen LogP contribution in [0.25, 0.3) is 0 Å². The Kier molecular flexibility index (Phi) is 5.98. The van der Waals surface area contributed by atoms with Gasteiger partial charge in [-0.2, -0.15) is 0 Å². The molecule has 0 spiro atoms. The van der Waals surface area contributed by atoms with Crippen LogP contribution in [0.2, 0.25) is 0 Å². The second-order valence-electron chi connectivity index (χ2n) is 5.62. The minimum absolute atomic E-state index is 0.0677. The van der Waals surface area contributed by atoms with Gasteiger partial charge in [-0.25, -0.2) is 4.79 Å². The first-order valence-electron chi connectivity index (χ1n) is 7.16. The average Bonchev–Trinajstić information content (AvgIpc) is 3.12. The van der Waals surface area contributed by atoms with Gasteiger partial charge in [0.15, 0.2) is 0 Å². The molecule has 0 bridgehead atoms. The molecule has 1 aliphatic carbocycles. The molecule has 0 aromatic rings. The molecule has 0 heterocycles. The van der Waals surface area contributed by atoms with Crippen LogP contribution in [-0.4, -0.2) is 45.9 Å². The summed E-state index contributed by atoms with van der Waals surface area (Å²) in [6, 6.07) is -0.634. The van der Waals surface area contributed by atoms with Gasteiger partial charge < -0.3 is 15.3 Å². The molecule has 0 aliphatic heterocycles. The largest absolute Gasteiger partial charge is 0.480 e. The molecule has 6 nitrogen and oxygen atoms in total. The van der Waals surface area contributed by atoms with Crippen molar-refractivity contribution in [3.05, 3.63) is 0 Å². The van der Waals surface area contributed by atoms with Crippen LogP contribution in [0.15, 0.2) is 0 Å². The molecule has 0 radical (unpaired) electrons. The lowest BCUT2D eigenvalue weighted by Crippen LogP contribution is -2.44. The number of rotatable bonds is 8. The zero-order chi connectivity index (χ0) is 15.3. The van der Waals surface area contributed by atoms with E-state index in [4.69, 9.17) is 5.11 Å². The molecule has 1 fully saturated rings. The van der Waals surface area contributed by atoms with Crippen LogP contribution in [0.4, 0.5) is 0 Å². The first-order valence-corrected chi connectivity index (χ1v) is 7.16. The van der Waals surface area contributed by atoms with Crippen molar-refractivity contribution in [2.75, 3.05) is 0 Å². The van der Waals surface area contributed by atoms with Gasteiger partial charge >= 0.3 is 5.97 Å². The number of carboxylic acids is 1. The van der Waals surface area contributed by atoms with Crippen molar-refractivity contribution in [3.8, 4) is 0 Å². The normalized spacial score (nSPS) is 15.8. The molecule has 2 amide bonds. The standard InChI is InChI=1S/C14H24N2O4/c1-9(2)15-12(17)5-4-6-13(18)16(11-7-8-11)10(3)14(19)20/h9-11H,4-8H2,1-3H3,(H,15,17)(H,19,20). The highest BCUT2D eigenvalue weighted by Gasteiger charge is 2.37. The van der Waals surface area contributed by atoms with Crippen LogP contribution in [0.5, 0.6) is 0 Å². The molecular formula is C14H24N2O4. The highest BCUT2D eigenvalue weighted by molar-refractivity contribution is 5.84. The number of carboxylic acid groups (broad SMARTS) is 1. The maximum absolute atomic E-state index is 12.1. The monoisotopic (exact) mass is 284 g/mol. The highest BCUT2D eigenvalue weighted by atomic mass is 16.4. The fraction of sp³-hybridized carbons (Fsp3) is 0.786. The SMILES string of the molecule is CC(C)NC(=O)CCCC(=O)N(C1CC1)C(C)C(=O)O. The fourth-order valence-corrected chi connectivity index (χ4v) is 2.13. The third-order valence-electron chi connectivity index (χ3n) is 3.25. The van der Waals surface area contributed by atoms with Crippen molar-refractivity contribution in [2.45, 2.75) is 71.0 Å². The number of carbonyl (C=O) groups is 3. The van der Waals surface area contributed by atoms with Gasteiger partial charge in [0.25, 0.3) is 0 Å². The van der Waals surface area contributed by atoms with Crippen molar-refractivity contribution in [1.29, 1.82) is 0 Å². The van der Waals surface area contributed by atoms with E-state index in [1.165, 1.54) is 11.8 Å². The van der Waals surface area contributed by atoms with E-state index in [0.29, 0.717) is 12.8 Å². The van der Waals surface area contributed by atoms with Gasteiger partial charge in [0.1, 0.15) is 6.04 Å². The number of carbonyl (C=O) groups excluding carboxylic acids is 2. The molecule has 1 rings (SSSR count). The average molecular weight is 284 g/mol. The molecule has 1 saturated carbocycles. The third-order valence-corrected chi connectivity index (χ3v) is 3.25.